The number of hydrogen-bond acceptors (Lipinski definition) is 6. The second kappa shape index (κ2) is 12.3. The number of hydrogen-bond donors (Lipinski definition) is 4. The Morgan fingerprint density at radius 3 is 1.74 bits per heavy atom. The third kappa shape index (κ3) is 11.1. The van der Waals surface area contributed by atoms with E-state index in [2.05, 4.69) is 16.9 Å². The fourth-order valence-corrected chi connectivity index (χ4v) is 1.74. The molecule has 1 heterocycles. The van der Waals surface area contributed by atoms with Gasteiger partial charge in [0.15, 0.2) is 0 Å². The molecule has 18 heteroatoms. The molecule has 10 nitrogen and oxygen atoms in total. The summed E-state index contributed by atoms with van der Waals surface area (Å²) in [5.74, 6) is 0. The lowest BCUT2D eigenvalue weighted by molar-refractivity contribution is -0.703. The Kier molecular flexibility index (Phi) is 11.4. The van der Waals surface area contributed by atoms with Gasteiger partial charge in [0.05, 0.1) is 6.61 Å². The van der Waals surface area contributed by atoms with Crippen LogP contribution in [-0.2, 0) is 26.6 Å². The normalized spacial score (nSPS) is 13.1. The molecule has 0 aliphatic rings. The van der Waals surface area contributed by atoms with Crippen LogP contribution in [0.25, 0.3) is 11.8 Å². The molecule has 1 unspecified atom stereocenters. The maximum Gasteiger partial charge on any atom is 0.511 e. The number of benzene rings is 1. The van der Waals surface area contributed by atoms with Crippen LogP contribution in [-0.4, -0.2) is 55.3 Å². The first-order valence-corrected chi connectivity index (χ1v) is 11.6. The van der Waals surface area contributed by atoms with Crippen molar-refractivity contribution >= 4 is 26.1 Å². The van der Waals surface area contributed by atoms with E-state index in [0.717, 1.165) is 11.3 Å². The molecule has 1 aromatic heterocycles. The van der Waals surface area contributed by atoms with Crippen molar-refractivity contribution in [3.05, 3.63) is 55.1 Å². The van der Waals surface area contributed by atoms with E-state index in [-0.39, 0.29) is 6.61 Å². The second-order valence-electron chi connectivity index (χ2n) is 6.13. The van der Waals surface area contributed by atoms with E-state index in [9.17, 15) is 48.3 Å². The number of sulfonamides is 2. The van der Waals surface area contributed by atoms with Gasteiger partial charge in [-0.1, -0.05) is 24.8 Å². The number of aliphatic hydroxyl groups is 2. The quantitative estimate of drug-likeness (QED) is 0.313. The Bertz CT molecular complexity index is 1090. The summed E-state index contributed by atoms with van der Waals surface area (Å²) < 4.78 is 106. The molecule has 0 radical (unpaired) electrons. The second-order valence-corrected chi connectivity index (χ2v) is 9.24. The van der Waals surface area contributed by atoms with Gasteiger partial charge in [0.25, 0.3) is 0 Å². The van der Waals surface area contributed by atoms with Gasteiger partial charge in [-0.15, -0.1) is 0 Å². The van der Waals surface area contributed by atoms with Gasteiger partial charge >= 0.3 is 31.1 Å². The fourth-order valence-electron chi connectivity index (χ4n) is 1.74. The van der Waals surface area contributed by atoms with Gasteiger partial charge in [-0.25, -0.2) is 36.2 Å². The molecule has 6 N–H and O–H groups in total. The van der Waals surface area contributed by atoms with Gasteiger partial charge in [0, 0.05) is 0 Å². The highest BCUT2D eigenvalue weighted by Crippen LogP contribution is 2.19. The van der Waals surface area contributed by atoms with Crippen molar-refractivity contribution in [2.24, 2.45) is 10.3 Å². The summed E-state index contributed by atoms with van der Waals surface area (Å²) in [6.07, 6.45) is 6.72. The van der Waals surface area contributed by atoms with E-state index in [1.165, 1.54) is 0 Å². The Labute approximate surface area is 190 Å². The van der Waals surface area contributed by atoms with Gasteiger partial charge in [0.2, 0.25) is 6.33 Å². The van der Waals surface area contributed by atoms with Crippen LogP contribution in [0.15, 0.2) is 49.6 Å². The smallest absolute Gasteiger partial charge is 0.394 e. The Morgan fingerprint density at radius 1 is 1.00 bits per heavy atom. The topological polar surface area (TPSA) is 170 Å². The maximum absolute atomic E-state index is 10.8. The van der Waals surface area contributed by atoms with Crippen molar-refractivity contribution in [3.63, 3.8) is 0 Å². The largest absolute Gasteiger partial charge is 0.511 e. The minimum absolute atomic E-state index is 0.230. The fraction of sp³-hybridized carbons (Fsp3) is 0.312. The lowest BCUT2D eigenvalue weighted by Crippen LogP contribution is -2.39. The molecule has 194 valence electrons. The van der Waals surface area contributed by atoms with E-state index in [1.807, 2.05) is 52.1 Å². The molecular formula is C16H21F6N4O6S2+. The molecule has 2 aromatic rings. The summed E-state index contributed by atoms with van der Waals surface area (Å²) in [4.78, 5) is 0. The zero-order chi connectivity index (χ0) is 27.0. The van der Waals surface area contributed by atoms with E-state index in [4.69, 9.17) is 5.11 Å². The molecule has 0 aliphatic heterocycles. The zero-order valence-corrected chi connectivity index (χ0v) is 18.6. The zero-order valence-electron chi connectivity index (χ0n) is 17.0. The highest BCUT2D eigenvalue weighted by Gasteiger charge is 2.43. The first-order valence-electron chi connectivity index (χ1n) is 8.50. The van der Waals surface area contributed by atoms with Crippen LogP contribution in [0.5, 0.6) is 0 Å². The predicted octanol–water partition coefficient (Wildman–Crippen LogP) is 0.350. The number of aromatic nitrogens is 2. The van der Waals surface area contributed by atoms with Crippen molar-refractivity contribution in [2.45, 2.75) is 23.7 Å². The molecule has 0 spiro atoms. The average Bonchev–Trinajstić information content (AvgIpc) is 3.14. The van der Waals surface area contributed by atoms with E-state index >= 15 is 0 Å². The first-order chi connectivity index (χ1) is 15.2. The maximum atomic E-state index is 10.8. The molecule has 0 bridgehead atoms. The van der Waals surface area contributed by atoms with E-state index < -0.39 is 37.2 Å². The van der Waals surface area contributed by atoms with Gasteiger partial charge in [-0.05, 0) is 17.7 Å². The van der Waals surface area contributed by atoms with Crippen LogP contribution in [0.2, 0.25) is 0 Å². The standard InChI is InChI=1S/C14H17N2O2.2CH2F3NO2S/c1-2-12-3-5-13(6-4-12)16-8-7-15(11-16)9-14(18)10-17;2*2-1(3,4)8(5,6)7/h2-8,11,14,17-18H,1,9-10H2;2*(H2,5,6,7)/q+1;;. The van der Waals surface area contributed by atoms with Crippen LogP contribution in [0.3, 0.4) is 0 Å². The Balaban J connectivity index is 0.000000570. The number of primary sulfonamides is 2. The van der Waals surface area contributed by atoms with E-state index in [0.29, 0.717) is 6.54 Å². The molecule has 34 heavy (non-hydrogen) atoms. The SMILES string of the molecule is C=Cc1ccc(-n2cc[n+](CC(O)CO)c2)cc1.NS(=O)(=O)C(F)(F)F.NS(=O)(=O)C(F)(F)F. The molecule has 1 aromatic carbocycles. The van der Waals surface area contributed by atoms with Crippen molar-refractivity contribution < 1.29 is 58.0 Å². The average molecular weight is 543 g/mol. The Hall–Kier alpha value is -2.51. The minimum Gasteiger partial charge on any atom is -0.394 e. The molecule has 0 aliphatic carbocycles. The number of imidazole rings is 1. The molecule has 0 saturated heterocycles. The van der Waals surface area contributed by atoms with Crippen molar-refractivity contribution in [1.29, 1.82) is 0 Å². The number of nitrogens with zero attached hydrogens (tertiary/aromatic N) is 2. The van der Waals surface area contributed by atoms with Crippen molar-refractivity contribution in [1.82, 2.24) is 4.57 Å². The van der Waals surface area contributed by atoms with Crippen LogP contribution >= 0.6 is 0 Å². The summed E-state index contributed by atoms with van der Waals surface area (Å²) in [7, 11) is -10.7. The molecular weight excluding hydrogens is 522 g/mol. The summed E-state index contributed by atoms with van der Waals surface area (Å²) in [6.45, 7) is 3.87. The van der Waals surface area contributed by atoms with Gasteiger partial charge in [-0.2, -0.15) is 26.3 Å². The summed E-state index contributed by atoms with van der Waals surface area (Å²) in [5, 5.41) is 25.5. The third-order valence-electron chi connectivity index (χ3n) is 3.40. The van der Waals surface area contributed by atoms with Crippen molar-refractivity contribution in [3.8, 4) is 5.69 Å². The monoisotopic (exact) mass is 543 g/mol. The number of rotatable bonds is 5. The van der Waals surface area contributed by atoms with Gasteiger partial charge in [0.1, 0.15) is 30.7 Å². The number of nitrogens with two attached hydrogens (primary N) is 2. The molecule has 2 rings (SSSR count). The summed E-state index contributed by atoms with van der Waals surface area (Å²) in [5.41, 5.74) is -8.51. The highest BCUT2D eigenvalue weighted by molar-refractivity contribution is 7.90. The molecule has 0 saturated carbocycles. The lowest BCUT2D eigenvalue weighted by atomic mass is 10.2. The Morgan fingerprint density at radius 2 is 1.41 bits per heavy atom. The lowest BCUT2D eigenvalue weighted by Gasteiger charge is -2.02. The van der Waals surface area contributed by atoms with Gasteiger partial charge in [-0.3, -0.25) is 0 Å². The van der Waals surface area contributed by atoms with Crippen LogP contribution < -0.4 is 14.8 Å². The molecule has 1 atom stereocenters. The highest BCUT2D eigenvalue weighted by atomic mass is 32.2. The molecule has 0 amide bonds. The third-order valence-corrected chi connectivity index (χ3v) is 4.69. The first kappa shape index (κ1) is 31.5. The summed E-state index contributed by atoms with van der Waals surface area (Å²) >= 11 is 0. The minimum atomic E-state index is -5.34. The number of halogens is 6. The van der Waals surface area contributed by atoms with E-state index in [1.54, 1.807) is 6.08 Å². The van der Waals surface area contributed by atoms with Gasteiger partial charge < -0.3 is 10.2 Å². The van der Waals surface area contributed by atoms with Crippen LogP contribution in [0.4, 0.5) is 26.3 Å². The summed E-state index contributed by atoms with van der Waals surface area (Å²) in [6, 6.07) is 8.00. The molecule has 0 fully saturated rings. The number of alkyl halides is 6. The number of aliphatic hydroxyl groups excluding tert-OH is 2. The predicted molar refractivity (Wildman–Crippen MR) is 107 cm³/mol. The van der Waals surface area contributed by atoms with Crippen LogP contribution in [0, 0.1) is 0 Å². The van der Waals surface area contributed by atoms with Crippen molar-refractivity contribution in [2.75, 3.05) is 6.61 Å². The van der Waals surface area contributed by atoms with Crippen LogP contribution in [0.1, 0.15) is 5.56 Å².